The second kappa shape index (κ2) is 5.52. The summed E-state index contributed by atoms with van der Waals surface area (Å²) in [6.07, 6.45) is 0.306. The van der Waals surface area contributed by atoms with Crippen LogP contribution in [-0.2, 0) is 4.74 Å². The summed E-state index contributed by atoms with van der Waals surface area (Å²) in [4.78, 5) is 0. The zero-order valence-corrected chi connectivity index (χ0v) is 7.58. The molecule has 0 heterocycles. The van der Waals surface area contributed by atoms with Gasteiger partial charge in [0.25, 0.3) is 0 Å². The van der Waals surface area contributed by atoms with Crippen molar-refractivity contribution in [2.45, 2.75) is 32.4 Å². The van der Waals surface area contributed by atoms with Gasteiger partial charge in [-0.05, 0) is 12.3 Å². The third-order valence-corrected chi connectivity index (χ3v) is 1.78. The molecule has 0 aromatic heterocycles. The van der Waals surface area contributed by atoms with Gasteiger partial charge in [0, 0.05) is 19.8 Å². The van der Waals surface area contributed by atoms with Gasteiger partial charge in [0.1, 0.15) is 0 Å². The highest BCUT2D eigenvalue weighted by atomic mass is 16.5. The van der Waals surface area contributed by atoms with E-state index in [1.165, 1.54) is 0 Å². The molecule has 1 unspecified atom stereocenters. The lowest BCUT2D eigenvalue weighted by Crippen LogP contribution is -2.38. The molecule has 0 aliphatic carbocycles. The van der Waals surface area contributed by atoms with Gasteiger partial charge in [0.05, 0.1) is 6.10 Å². The van der Waals surface area contributed by atoms with Gasteiger partial charge in [-0.15, -0.1) is 0 Å². The highest BCUT2D eigenvalue weighted by molar-refractivity contribution is 4.73. The molecule has 0 amide bonds. The van der Waals surface area contributed by atoms with Gasteiger partial charge >= 0.3 is 0 Å². The highest BCUT2D eigenvalue weighted by Gasteiger charge is 2.17. The fourth-order valence-electron chi connectivity index (χ4n) is 0.919. The summed E-state index contributed by atoms with van der Waals surface area (Å²) in [5.41, 5.74) is 5.67. The number of ether oxygens (including phenoxy) is 1. The first-order valence-electron chi connectivity index (χ1n) is 4.02. The molecule has 3 nitrogen and oxygen atoms in total. The van der Waals surface area contributed by atoms with Gasteiger partial charge in [-0.25, -0.2) is 0 Å². The number of rotatable bonds is 5. The zero-order chi connectivity index (χ0) is 8.85. The van der Waals surface area contributed by atoms with Gasteiger partial charge in [-0.2, -0.15) is 0 Å². The molecule has 0 fully saturated rings. The van der Waals surface area contributed by atoms with E-state index < -0.39 is 6.10 Å². The SMILES string of the molecule is COCCC(N)[C@H](O)C(C)C. The maximum absolute atomic E-state index is 9.44. The Balaban J connectivity index is 3.55. The Labute approximate surface area is 68.5 Å². The summed E-state index contributed by atoms with van der Waals surface area (Å²) in [6, 6.07) is -0.157. The van der Waals surface area contributed by atoms with Crippen LogP contribution in [0, 0.1) is 5.92 Å². The maximum atomic E-state index is 9.44. The van der Waals surface area contributed by atoms with Crippen LogP contribution in [0.3, 0.4) is 0 Å². The number of hydrogen-bond acceptors (Lipinski definition) is 3. The third-order valence-electron chi connectivity index (χ3n) is 1.78. The van der Waals surface area contributed by atoms with Crippen molar-refractivity contribution in [1.29, 1.82) is 0 Å². The van der Waals surface area contributed by atoms with Crippen molar-refractivity contribution in [3.8, 4) is 0 Å². The molecule has 68 valence electrons. The molecule has 3 heteroatoms. The van der Waals surface area contributed by atoms with E-state index in [2.05, 4.69) is 0 Å². The monoisotopic (exact) mass is 161 g/mol. The minimum absolute atomic E-state index is 0.157. The van der Waals surface area contributed by atoms with Crippen LogP contribution >= 0.6 is 0 Å². The summed E-state index contributed by atoms with van der Waals surface area (Å²) < 4.78 is 4.85. The van der Waals surface area contributed by atoms with Crippen molar-refractivity contribution < 1.29 is 9.84 Å². The van der Waals surface area contributed by atoms with Crippen molar-refractivity contribution in [3.05, 3.63) is 0 Å². The van der Waals surface area contributed by atoms with Crippen LogP contribution in [0.15, 0.2) is 0 Å². The van der Waals surface area contributed by atoms with Crippen LogP contribution in [0.1, 0.15) is 20.3 Å². The average Bonchev–Trinajstić information content (AvgIpc) is 1.98. The van der Waals surface area contributed by atoms with Crippen LogP contribution in [0.2, 0.25) is 0 Å². The van der Waals surface area contributed by atoms with Gasteiger partial charge < -0.3 is 15.6 Å². The minimum Gasteiger partial charge on any atom is -0.391 e. The molecule has 0 bridgehead atoms. The number of nitrogens with two attached hydrogens (primary N) is 1. The van der Waals surface area contributed by atoms with Crippen molar-refractivity contribution >= 4 is 0 Å². The number of methoxy groups -OCH3 is 1. The Bertz CT molecular complexity index is 96.1. The van der Waals surface area contributed by atoms with Gasteiger partial charge in [-0.1, -0.05) is 13.8 Å². The molecule has 0 saturated heterocycles. The van der Waals surface area contributed by atoms with E-state index in [1.54, 1.807) is 7.11 Å². The maximum Gasteiger partial charge on any atom is 0.0714 e. The summed E-state index contributed by atoms with van der Waals surface area (Å²) >= 11 is 0. The Hall–Kier alpha value is -0.120. The van der Waals surface area contributed by atoms with E-state index in [0.29, 0.717) is 6.61 Å². The summed E-state index contributed by atoms with van der Waals surface area (Å²) in [5.74, 6) is 0.224. The molecule has 0 aliphatic heterocycles. The first kappa shape index (κ1) is 10.9. The Morgan fingerprint density at radius 1 is 1.45 bits per heavy atom. The minimum atomic E-state index is -0.412. The van der Waals surface area contributed by atoms with E-state index in [-0.39, 0.29) is 12.0 Å². The topological polar surface area (TPSA) is 55.5 Å². The fourth-order valence-corrected chi connectivity index (χ4v) is 0.919. The molecule has 0 saturated carbocycles. The van der Waals surface area contributed by atoms with Crippen molar-refractivity contribution in [3.63, 3.8) is 0 Å². The molecule has 0 aliphatic rings. The fraction of sp³-hybridized carbons (Fsp3) is 1.00. The Morgan fingerprint density at radius 3 is 2.36 bits per heavy atom. The molecule has 0 radical (unpaired) electrons. The van der Waals surface area contributed by atoms with Gasteiger partial charge in [0.15, 0.2) is 0 Å². The number of aliphatic hydroxyl groups excluding tert-OH is 1. The third kappa shape index (κ3) is 4.35. The first-order valence-corrected chi connectivity index (χ1v) is 4.02. The predicted molar refractivity (Wildman–Crippen MR) is 45.3 cm³/mol. The lowest BCUT2D eigenvalue weighted by molar-refractivity contribution is 0.0802. The van der Waals surface area contributed by atoms with Crippen LogP contribution < -0.4 is 5.73 Å². The Kier molecular flexibility index (Phi) is 5.46. The second-order valence-electron chi connectivity index (χ2n) is 3.18. The van der Waals surface area contributed by atoms with E-state index >= 15 is 0 Å². The zero-order valence-electron chi connectivity index (χ0n) is 7.58. The summed E-state index contributed by atoms with van der Waals surface area (Å²) in [6.45, 7) is 4.53. The normalized spacial score (nSPS) is 16.9. The van der Waals surface area contributed by atoms with Gasteiger partial charge in [-0.3, -0.25) is 0 Å². The highest BCUT2D eigenvalue weighted by Crippen LogP contribution is 2.06. The molecule has 2 atom stereocenters. The van der Waals surface area contributed by atoms with E-state index in [9.17, 15) is 5.11 Å². The van der Waals surface area contributed by atoms with E-state index in [1.807, 2.05) is 13.8 Å². The Morgan fingerprint density at radius 2 is 2.00 bits per heavy atom. The quantitative estimate of drug-likeness (QED) is 0.612. The molecule has 3 N–H and O–H groups in total. The summed E-state index contributed by atoms with van der Waals surface area (Å²) in [7, 11) is 1.63. The number of hydrogen-bond donors (Lipinski definition) is 2. The standard InChI is InChI=1S/C8H19NO2/c1-6(2)8(10)7(9)4-5-11-3/h6-8,10H,4-5,9H2,1-3H3/t7?,8-/m1/s1. The molecule has 0 spiro atoms. The average molecular weight is 161 g/mol. The van der Waals surface area contributed by atoms with Crippen LogP contribution in [0.4, 0.5) is 0 Å². The first-order chi connectivity index (χ1) is 5.09. The molecule has 0 aromatic carbocycles. The number of aliphatic hydroxyl groups is 1. The van der Waals surface area contributed by atoms with Crippen molar-refractivity contribution in [2.75, 3.05) is 13.7 Å². The second-order valence-corrected chi connectivity index (χ2v) is 3.18. The smallest absolute Gasteiger partial charge is 0.0714 e. The molecule has 0 rings (SSSR count). The van der Waals surface area contributed by atoms with Crippen LogP contribution in [0.5, 0.6) is 0 Å². The van der Waals surface area contributed by atoms with Crippen LogP contribution in [0.25, 0.3) is 0 Å². The van der Waals surface area contributed by atoms with Crippen molar-refractivity contribution in [1.82, 2.24) is 0 Å². The van der Waals surface area contributed by atoms with Crippen molar-refractivity contribution in [2.24, 2.45) is 11.7 Å². The van der Waals surface area contributed by atoms with E-state index in [4.69, 9.17) is 10.5 Å². The lowest BCUT2D eigenvalue weighted by atomic mass is 9.98. The molecule has 0 aromatic rings. The van der Waals surface area contributed by atoms with Crippen LogP contribution in [-0.4, -0.2) is 31.0 Å². The van der Waals surface area contributed by atoms with Gasteiger partial charge in [0.2, 0.25) is 0 Å². The molecular weight excluding hydrogens is 142 g/mol. The molecule has 11 heavy (non-hydrogen) atoms. The largest absolute Gasteiger partial charge is 0.391 e. The summed E-state index contributed by atoms with van der Waals surface area (Å²) in [5, 5.41) is 9.44. The molecular formula is C8H19NO2. The predicted octanol–water partition coefficient (Wildman–Crippen LogP) is 0.367. The lowest BCUT2D eigenvalue weighted by Gasteiger charge is -2.21. The van der Waals surface area contributed by atoms with E-state index in [0.717, 1.165) is 6.42 Å².